The number of sulfonamides is 1. The summed E-state index contributed by atoms with van der Waals surface area (Å²) in [6, 6.07) is 24.6. The second-order valence-electron chi connectivity index (χ2n) is 10.3. The Kier molecular flexibility index (Phi) is 9.41. The van der Waals surface area contributed by atoms with Gasteiger partial charge in [-0.25, -0.2) is 8.42 Å². The number of amides is 1. The molecule has 0 unspecified atom stereocenters. The molecule has 0 spiro atoms. The second kappa shape index (κ2) is 12.8. The first-order valence-corrected chi connectivity index (χ1v) is 15.2. The normalized spacial score (nSPS) is 12.0. The Bertz CT molecular complexity index is 1620. The van der Waals surface area contributed by atoms with Gasteiger partial charge in [0, 0.05) is 5.02 Å². The van der Waals surface area contributed by atoms with Crippen molar-refractivity contribution in [3.63, 3.8) is 0 Å². The van der Waals surface area contributed by atoms with Crippen LogP contribution in [0.4, 0.5) is 5.69 Å². The number of aryl methyl sites for hydroxylation is 4. The Balaban J connectivity index is 1.48. The summed E-state index contributed by atoms with van der Waals surface area (Å²) in [4.78, 5) is 12.8. The van der Waals surface area contributed by atoms with E-state index in [0.717, 1.165) is 22.3 Å². The van der Waals surface area contributed by atoms with E-state index in [2.05, 4.69) is 31.3 Å². The quantitative estimate of drug-likeness (QED) is 0.211. The predicted molar refractivity (Wildman–Crippen MR) is 165 cm³/mol. The minimum absolute atomic E-state index is 0.117. The second-order valence-corrected chi connectivity index (χ2v) is 12.6. The van der Waals surface area contributed by atoms with Gasteiger partial charge in [0.25, 0.3) is 15.9 Å². The zero-order valence-electron chi connectivity index (χ0n) is 23.9. The van der Waals surface area contributed by atoms with Gasteiger partial charge in [0.15, 0.2) is 6.61 Å². The lowest BCUT2D eigenvalue weighted by Gasteiger charge is -2.25. The van der Waals surface area contributed by atoms with E-state index in [0.29, 0.717) is 16.5 Å². The first-order chi connectivity index (χ1) is 19.4. The molecule has 41 heavy (non-hydrogen) atoms. The number of carbonyl (C=O) groups is 1. The number of ether oxygens (including phenoxy) is 1. The number of nitrogens with one attached hydrogen (secondary N) is 1. The molecule has 214 valence electrons. The van der Waals surface area contributed by atoms with Crippen molar-refractivity contribution in [3.05, 3.63) is 123 Å². The number of carbonyl (C=O) groups excluding carboxylic acids is 1. The van der Waals surface area contributed by atoms with Gasteiger partial charge in [-0.15, -0.1) is 0 Å². The van der Waals surface area contributed by atoms with E-state index in [4.69, 9.17) is 16.3 Å². The fourth-order valence-electron chi connectivity index (χ4n) is 4.58. The van der Waals surface area contributed by atoms with E-state index in [1.807, 2.05) is 20.8 Å². The minimum atomic E-state index is -3.87. The number of benzene rings is 4. The van der Waals surface area contributed by atoms with Crippen LogP contribution in [0.15, 0.2) is 89.8 Å². The Morgan fingerprint density at radius 1 is 0.854 bits per heavy atom. The zero-order valence-corrected chi connectivity index (χ0v) is 25.5. The van der Waals surface area contributed by atoms with Crippen LogP contribution in [0.5, 0.6) is 5.75 Å². The molecular weight excluding hydrogens is 556 g/mol. The van der Waals surface area contributed by atoms with Crippen molar-refractivity contribution in [2.45, 2.75) is 52.1 Å². The highest BCUT2D eigenvalue weighted by molar-refractivity contribution is 7.92. The number of hydrogen-bond acceptors (Lipinski definition) is 4. The summed E-state index contributed by atoms with van der Waals surface area (Å²) >= 11 is 6.04. The standard InChI is InChI=1S/C33H35ClN2O4S/c1-22-6-16-31(17-7-22)41(38,39)36(20-27-8-10-28(34)11-9-27)29-12-14-30(15-13-29)40-21-33(37)35-26(5)32-19-24(3)23(2)18-25(32)4/h6-19,26H,20-21H2,1-5H3,(H,35,37)/t26-/m1/s1. The smallest absolute Gasteiger partial charge is 0.264 e. The Morgan fingerprint density at radius 3 is 2.10 bits per heavy atom. The molecule has 0 aliphatic carbocycles. The van der Waals surface area contributed by atoms with Crippen LogP contribution < -0.4 is 14.4 Å². The van der Waals surface area contributed by atoms with Crippen LogP contribution in [0.1, 0.15) is 46.3 Å². The summed E-state index contributed by atoms with van der Waals surface area (Å²) in [5.41, 5.74) is 6.82. The molecule has 4 aromatic rings. The summed E-state index contributed by atoms with van der Waals surface area (Å²) < 4.78 is 34.5. The van der Waals surface area contributed by atoms with Crippen molar-refractivity contribution in [3.8, 4) is 5.75 Å². The maximum Gasteiger partial charge on any atom is 0.264 e. The van der Waals surface area contributed by atoms with Crippen molar-refractivity contribution in [1.82, 2.24) is 5.32 Å². The maximum atomic E-state index is 13.7. The van der Waals surface area contributed by atoms with Gasteiger partial charge in [-0.3, -0.25) is 9.10 Å². The topological polar surface area (TPSA) is 75.7 Å². The van der Waals surface area contributed by atoms with Crippen LogP contribution >= 0.6 is 11.6 Å². The Hall–Kier alpha value is -3.81. The average molecular weight is 591 g/mol. The highest BCUT2D eigenvalue weighted by atomic mass is 35.5. The summed E-state index contributed by atoms with van der Waals surface area (Å²) in [6.45, 7) is 9.98. The van der Waals surface area contributed by atoms with Crippen molar-refractivity contribution in [2.24, 2.45) is 0 Å². The third kappa shape index (κ3) is 7.48. The van der Waals surface area contributed by atoms with Gasteiger partial charge in [0.1, 0.15) is 5.75 Å². The minimum Gasteiger partial charge on any atom is -0.484 e. The van der Waals surface area contributed by atoms with Crippen LogP contribution in [0.25, 0.3) is 0 Å². The maximum absolute atomic E-state index is 13.7. The van der Waals surface area contributed by atoms with Gasteiger partial charge in [-0.1, -0.05) is 53.6 Å². The molecule has 0 bridgehead atoms. The SMILES string of the molecule is Cc1ccc(S(=O)(=O)N(Cc2ccc(Cl)cc2)c2ccc(OCC(=O)N[C@H](C)c3cc(C)c(C)cc3C)cc2)cc1. The summed E-state index contributed by atoms with van der Waals surface area (Å²) in [7, 11) is -3.87. The number of nitrogens with zero attached hydrogens (tertiary/aromatic N) is 1. The molecule has 0 aromatic heterocycles. The molecule has 4 aromatic carbocycles. The van der Waals surface area contributed by atoms with Crippen LogP contribution in [-0.2, 0) is 21.4 Å². The monoisotopic (exact) mass is 590 g/mol. The molecule has 1 N–H and O–H groups in total. The fraction of sp³-hybridized carbons (Fsp3) is 0.242. The molecule has 8 heteroatoms. The first kappa shape index (κ1) is 30.2. The number of hydrogen-bond donors (Lipinski definition) is 1. The molecule has 1 amide bonds. The predicted octanol–water partition coefficient (Wildman–Crippen LogP) is 7.23. The molecule has 0 aliphatic rings. The zero-order chi connectivity index (χ0) is 29.7. The van der Waals surface area contributed by atoms with Gasteiger partial charge in [0.2, 0.25) is 0 Å². The van der Waals surface area contributed by atoms with Gasteiger partial charge in [0.05, 0.1) is 23.2 Å². The largest absolute Gasteiger partial charge is 0.484 e. The van der Waals surface area contributed by atoms with Gasteiger partial charge < -0.3 is 10.1 Å². The number of rotatable bonds is 10. The van der Waals surface area contributed by atoms with Gasteiger partial charge >= 0.3 is 0 Å². The molecule has 0 saturated heterocycles. The summed E-state index contributed by atoms with van der Waals surface area (Å²) in [5.74, 6) is 0.212. The van der Waals surface area contributed by atoms with E-state index in [1.54, 1.807) is 72.8 Å². The van der Waals surface area contributed by atoms with Gasteiger partial charge in [-0.2, -0.15) is 0 Å². The van der Waals surface area contributed by atoms with Crippen LogP contribution in [0.3, 0.4) is 0 Å². The van der Waals surface area contributed by atoms with Crippen molar-refractivity contribution in [2.75, 3.05) is 10.9 Å². The van der Waals surface area contributed by atoms with Crippen LogP contribution in [-0.4, -0.2) is 20.9 Å². The Labute approximate surface area is 248 Å². The molecule has 4 rings (SSSR count). The van der Waals surface area contributed by atoms with Crippen molar-refractivity contribution >= 4 is 33.2 Å². The fourth-order valence-corrected chi connectivity index (χ4v) is 6.15. The molecule has 0 radical (unpaired) electrons. The van der Waals surface area contributed by atoms with E-state index in [-0.39, 0.29) is 30.0 Å². The lowest BCUT2D eigenvalue weighted by atomic mass is 9.96. The van der Waals surface area contributed by atoms with Crippen LogP contribution in [0, 0.1) is 27.7 Å². The molecule has 1 atom stereocenters. The highest BCUT2D eigenvalue weighted by Crippen LogP contribution is 2.29. The lowest BCUT2D eigenvalue weighted by molar-refractivity contribution is -0.123. The Morgan fingerprint density at radius 2 is 1.46 bits per heavy atom. The third-order valence-corrected chi connectivity index (χ3v) is 9.11. The molecule has 0 heterocycles. The lowest BCUT2D eigenvalue weighted by Crippen LogP contribution is -2.31. The van der Waals surface area contributed by atoms with E-state index >= 15 is 0 Å². The molecular formula is C33H35ClN2O4S. The molecule has 0 saturated carbocycles. The number of anilines is 1. The molecule has 0 fully saturated rings. The van der Waals surface area contributed by atoms with E-state index in [9.17, 15) is 13.2 Å². The highest BCUT2D eigenvalue weighted by Gasteiger charge is 2.25. The summed E-state index contributed by atoms with van der Waals surface area (Å²) in [5, 5.41) is 3.57. The summed E-state index contributed by atoms with van der Waals surface area (Å²) in [6.07, 6.45) is 0. The molecule has 0 aliphatic heterocycles. The first-order valence-electron chi connectivity index (χ1n) is 13.4. The molecule has 6 nitrogen and oxygen atoms in total. The van der Waals surface area contributed by atoms with Gasteiger partial charge in [-0.05, 0) is 111 Å². The van der Waals surface area contributed by atoms with Crippen molar-refractivity contribution in [1.29, 1.82) is 0 Å². The van der Waals surface area contributed by atoms with Crippen molar-refractivity contribution < 1.29 is 17.9 Å². The third-order valence-electron chi connectivity index (χ3n) is 7.07. The van der Waals surface area contributed by atoms with E-state index < -0.39 is 10.0 Å². The van der Waals surface area contributed by atoms with Crippen LogP contribution in [0.2, 0.25) is 5.02 Å². The van der Waals surface area contributed by atoms with E-state index in [1.165, 1.54) is 15.4 Å². The number of halogens is 1. The average Bonchev–Trinajstić information content (AvgIpc) is 2.94.